The molecule has 1 aromatic heterocycles. The SMILES string of the molecule is CC(C)Oc1ccc(C([O-])=C2C(=O)C(=O)N(CCC[NH+](C)C)C2c2ccco2)cc1F. The van der Waals surface area contributed by atoms with E-state index in [9.17, 15) is 19.1 Å². The molecule has 8 heteroatoms. The molecule has 1 aliphatic heterocycles. The fourth-order valence-corrected chi connectivity index (χ4v) is 3.59. The molecule has 0 radical (unpaired) electrons. The molecule has 0 spiro atoms. The Kier molecular flexibility index (Phi) is 6.80. The molecular weight excluding hydrogens is 403 g/mol. The molecular formula is C23H27FN2O5. The van der Waals surface area contributed by atoms with E-state index in [4.69, 9.17) is 9.15 Å². The third-order valence-electron chi connectivity index (χ3n) is 4.97. The monoisotopic (exact) mass is 430 g/mol. The average Bonchev–Trinajstić information content (AvgIpc) is 3.31. The van der Waals surface area contributed by atoms with Crippen LogP contribution in [0.5, 0.6) is 5.75 Å². The Morgan fingerprint density at radius 2 is 2.03 bits per heavy atom. The first-order valence-electron chi connectivity index (χ1n) is 10.3. The predicted octanol–water partition coefficient (Wildman–Crippen LogP) is 0.965. The van der Waals surface area contributed by atoms with Crippen LogP contribution in [0, 0.1) is 5.82 Å². The highest BCUT2D eigenvalue weighted by Crippen LogP contribution is 2.39. The van der Waals surface area contributed by atoms with Crippen LogP contribution in [0.25, 0.3) is 5.76 Å². The molecule has 1 aromatic carbocycles. The first-order valence-corrected chi connectivity index (χ1v) is 10.3. The van der Waals surface area contributed by atoms with Crippen LogP contribution in [0.4, 0.5) is 4.39 Å². The van der Waals surface area contributed by atoms with Gasteiger partial charge in [0, 0.05) is 18.5 Å². The maximum atomic E-state index is 14.5. The number of nitrogens with one attached hydrogen (secondary N) is 1. The molecule has 2 aromatic rings. The number of ketones is 1. The highest BCUT2D eigenvalue weighted by molar-refractivity contribution is 6.46. The van der Waals surface area contributed by atoms with Crippen LogP contribution in [-0.2, 0) is 9.59 Å². The number of hydrogen-bond donors (Lipinski definition) is 1. The van der Waals surface area contributed by atoms with E-state index in [1.165, 1.54) is 28.2 Å². The zero-order chi connectivity index (χ0) is 22.7. The van der Waals surface area contributed by atoms with Crippen LogP contribution in [0.3, 0.4) is 0 Å². The Morgan fingerprint density at radius 3 is 2.61 bits per heavy atom. The summed E-state index contributed by atoms with van der Waals surface area (Å²) in [7, 11) is 3.98. The second-order valence-corrected chi connectivity index (χ2v) is 8.11. The number of hydrogen-bond acceptors (Lipinski definition) is 5. The minimum absolute atomic E-state index is 0.0146. The van der Waals surface area contributed by atoms with Gasteiger partial charge in [0.15, 0.2) is 11.6 Å². The van der Waals surface area contributed by atoms with Crippen molar-refractivity contribution in [3.05, 3.63) is 59.3 Å². The predicted molar refractivity (Wildman–Crippen MR) is 110 cm³/mol. The zero-order valence-corrected chi connectivity index (χ0v) is 18.1. The van der Waals surface area contributed by atoms with Crippen LogP contribution in [0.15, 0.2) is 46.6 Å². The molecule has 31 heavy (non-hydrogen) atoms. The highest BCUT2D eigenvalue weighted by Gasteiger charge is 2.45. The van der Waals surface area contributed by atoms with Crippen molar-refractivity contribution in [3.63, 3.8) is 0 Å². The van der Waals surface area contributed by atoms with Gasteiger partial charge in [-0.3, -0.25) is 9.59 Å². The van der Waals surface area contributed by atoms with Crippen LogP contribution >= 0.6 is 0 Å². The van der Waals surface area contributed by atoms with E-state index in [2.05, 4.69) is 0 Å². The van der Waals surface area contributed by atoms with Crippen molar-refractivity contribution < 1.29 is 33.1 Å². The number of Topliss-reactive ketones (excluding diaryl/α,β-unsaturated/α-hetero) is 1. The van der Waals surface area contributed by atoms with Gasteiger partial charge < -0.3 is 24.1 Å². The third kappa shape index (κ3) is 4.80. The number of benzene rings is 1. The normalized spacial score (nSPS) is 18.4. The summed E-state index contributed by atoms with van der Waals surface area (Å²) in [5.41, 5.74) is -0.255. The molecule has 2 heterocycles. The number of carbonyl (C=O) groups is 2. The smallest absolute Gasteiger partial charge is 0.295 e. The van der Waals surface area contributed by atoms with Gasteiger partial charge in [0.05, 0.1) is 33.0 Å². The minimum Gasteiger partial charge on any atom is -0.872 e. The molecule has 1 aliphatic rings. The van der Waals surface area contributed by atoms with Crippen molar-refractivity contribution in [3.8, 4) is 5.75 Å². The number of carbonyl (C=O) groups excluding carboxylic acids is 2. The molecule has 1 fully saturated rings. The van der Waals surface area contributed by atoms with Gasteiger partial charge in [-0.2, -0.15) is 0 Å². The van der Waals surface area contributed by atoms with E-state index in [1.807, 2.05) is 14.1 Å². The van der Waals surface area contributed by atoms with Crippen molar-refractivity contribution in [1.29, 1.82) is 0 Å². The molecule has 3 rings (SSSR count). The number of halogens is 1. The van der Waals surface area contributed by atoms with Crippen molar-refractivity contribution in [2.45, 2.75) is 32.4 Å². The molecule has 1 N–H and O–H groups in total. The summed E-state index contributed by atoms with van der Waals surface area (Å²) in [5, 5.41) is 13.2. The lowest BCUT2D eigenvalue weighted by Gasteiger charge is -2.26. The average molecular weight is 430 g/mol. The quantitative estimate of drug-likeness (QED) is 0.383. The third-order valence-corrected chi connectivity index (χ3v) is 4.97. The van der Waals surface area contributed by atoms with Crippen LogP contribution < -0.4 is 14.7 Å². The van der Waals surface area contributed by atoms with Gasteiger partial charge in [0.25, 0.3) is 5.91 Å². The number of amides is 1. The number of likely N-dealkylation sites (tertiary alicyclic amines) is 1. The van der Waals surface area contributed by atoms with E-state index < -0.39 is 29.3 Å². The lowest BCUT2D eigenvalue weighted by molar-refractivity contribution is -0.858. The van der Waals surface area contributed by atoms with E-state index in [0.717, 1.165) is 12.6 Å². The Hall–Kier alpha value is -3.13. The summed E-state index contributed by atoms with van der Waals surface area (Å²) >= 11 is 0. The standard InChI is InChI=1S/C23H27FN2O5/c1-14(2)31-17-9-8-15(13-16(17)24)21(27)19-20(18-7-5-12-30-18)26(23(29)22(19)28)11-6-10-25(3)4/h5,7-9,12-14,20,27H,6,10-11H2,1-4H3. The van der Waals surface area contributed by atoms with E-state index in [1.54, 1.807) is 26.0 Å². The number of rotatable bonds is 8. The zero-order valence-electron chi connectivity index (χ0n) is 18.1. The summed E-state index contributed by atoms with van der Waals surface area (Å²) in [4.78, 5) is 28.1. The van der Waals surface area contributed by atoms with Gasteiger partial charge in [-0.05, 0) is 43.7 Å². The Bertz CT molecular complexity index is 982. The van der Waals surface area contributed by atoms with Crippen LogP contribution in [0.1, 0.15) is 37.6 Å². The number of nitrogens with zero attached hydrogens (tertiary/aromatic N) is 1. The maximum Gasteiger partial charge on any atom is 0.295 e. The summed E-state index contributed by atoms with van der Waals surface area (Å²) in [6.45, 7) is 4.61. The van der Waals surface area contributed by atoms with Crippen LogP contribution in [0.2, 0.25) is 0 Å². The van der Waals surface area contributed by atoms with Gasteiger partial charge in [-0.1, -0.05) is 11.8 Å². The second-order valence-electron chi connectivity index (χ2n) is 8.11. The summed E-state index contributed by atoms with van der Waals surface area (Å²) in [6, 6.07) is 6.09. The second kappa shape index (κ2) is 9.34. The molecule has 1 saturated heterocycles. The van der Waals surface area contributed by atoms with Crippen molar-refractivity contribution >= 4 is 17.4 Å². The first kappa shape index (κ1) is 22.6. The number of quaternary nitrogens is 1. The van der Waals surface area contributed by atoms with Gasteiger partial charge in [0.1, 0.15) is 11.8 Å². The molecule has 166 valence electrons. The highest BCUT2D eigenvalue weighted by atomic mass is 19.1. The number of ether oxygens (including phenoxy) is 1. The fraction of sp³-hybridized carbons (Fsp3) is 0.391. The van der Waals surface area contributed by atoms with Gasteiger partial charge >= 0.3 is 0 Å². The lowest BCUT2D eigenvalue weighted by Crippen LogP contribution is -3.05. The lowest BCUT2D eigenvalue weighted by atomic mass is 9.99. The van der Waals surface area contributed by atoms with E-state index >= 15 is 0 Å². The Labute approximate surface area is 180 Å². The minimum atomic E-state index is -0.936. The van der Waals surface area contributed by atoms with Crippen molar-refractivity contribution in [1.82, 2.24) is 4.90 Å². The molecule has 0 bridgehead atoms. The Morgan fingerprint density at radius 1 is 1.29 bits per heavy atom. The van der Waals surface area contributed by atoms with E-state index in [-0.39, 0.29) is 23.0 Å². The van der Waals surface area contributed by atoms with Gasteiger partial charge in [-0.15, -0.1) is 0 Å². The molecule has 7 nitrogen and oxygen atoms in total. The summed E-state index contributed by atoms with van der Waals surface area (Å²) in [6.07, 6.45) is 1.83. The molecule has 1 unspecified atom stereocenters. The topological polar surface area (TPSA) is 87.2 Å². The van der Waals surface area contributed by atoms with Gasteiger partial charge in [-0.25, -0.2) is 4.39 Å². The molecule has 0 aliphatic carbocycles. The largest absolute Gasteiger partial charge is 0.872 e. The van der Waals surface area contributed by atoms with Crippen LogP contribution in [-0.4, -0.2) is 49.9 Å². The molecule has 0 saturated carbocycles. The summed E-state index contributed by atoms with van der Waals surface area (Å²) in [5.74, 6) is -2.71. The fourth-order valence-electron chi connectivity index (χ4n) is 3.59. The van der Waals surface area contributed by atoms with Crippen molar-refractivity contribution in [2.24, 2.45) is 0 Å². The van der Waals surface area contributed by atoms with E-state index in [0.29, 0.717) is 18.7 Å². The summed E-state index contributed by atoms with van der Waals surface area (Å²) < 4.78 is 25.3. The van der Waals surface area contributed by atoms with Crippen molar-refractivity contribution in [2.75, 3.05) is 27.2 Å². The molecule has 1 atom stereocenters. The molecule has 1 amide bonds. The maximum absolute atomic E-state index is 14.5. The first-order chi connectivity index (χ1) is 14.7. The van der Waals surface area contributed by atoms with Gasteiger partial charge in [0.2, 0.25) is 5.78 Å². The number of furan rings is 1. The Balaban J connectivity index is 2.02.